The van der Waals surface area contributed by atoms with Crippen LogP contribution in [0.5, 0.6) is 0 Å². The van der Waals surface area contributed by atoms with E-state index in [9.17, 15) is 9.59 Å². The van der Waals surface area contributed by atoms with Crippen molar-refractivity contribution in [1.82, 2.24) is 14.7 Å². The van der Waals surface area contributed by atoms with E-state index in [1.165, 1.54) is 19.0 Å². The molecule has 5 nitrogen and oxygen atoms in total. The number of fused-ring (bicyclic) bond motifs is 1. The van der Waals surface area contributed by atoms with E-state index in [-0.39, 0.29) is 17.9 Å². The van der Waals surface area contributed by atoms with Crippen molar-refractivity contribution in [3.8, 4) is 0 Å². The van der Waals surface area contributed by atoms with E-state index < -0.39 is 0 Å². The lowest BCUT2D eigenvalue weighted by atomic mass is 10.2. The molecule has 1 aromatic carbocycles. The van der Waals surface area contributed by atoms with Crippen LogP contribution >= 0.6 is 0 Å². The van der Waals surface area contributed by atoms with Crippen LogP contribution in [0.15, 0.2) is 35.3 Å². The summed E-state index contributed by atoms with van der Waals surface area (Å²) in [6.07, 6.45) is 5.89. The molecule has 0 aliphatic heterocycles. The molecule has 1 amide bonds. The van der Waals surface area contributed by atoms with Gasteiger partial charge in [0, 0.05) is 18.0 Å². The zero-order valence-electron chi connectivity index (χ0n) is 12.9. The molecule has 116 valence electrons. The number of hydrogen-bond acceptors (Lipinski definition) is 3. The van der Waals surface area contributed by atoms with Crippen molar-refractivity contribution in [1.29, 1.82) is 0 Å². The summed E-state index contributed by atoms with van der Waals surface area (Å²) in [5.74, 6) is 0.0794. The molecule has 1 fully saturated rings. The van der Waals surface area contributed by atoms with Crippen LogP contribution in [-0.2, 0) is 11.3 Å². The number of nitrogens with zero attached hydrogens (tertiary/aromatic N) is 3. The fourth-order valence-electron chi connectivity index (χ4n) is 3.36. The molecule has 1 aliphatic rings. The Bertz CT molecular complexity index is 732. The number of likely N-dealkylation sites (N-methyl/N-ethyl adjacent to an activating group) is 1. The van der Waals surface area contributed by atoms with Crippen LogP contribution in [0.4, 0.5) is 0 Å². The average molecular weight is 299 g/mol. The van der Waals surface area contributed by atoms with Crippen LogP contribution < -0.4 is 5.43 Å². The Morgan fingerprint density at radius 3 is 2.77 bits per heavy atom. The Morgan fingerprint density at radius 1 is 1.32 bits per heavy atom. The molecule has 22 heavy (non-hydrogen) atoms. The topological polar surface area (TPSA) is 55.2 Å². The number of hydrogen-bond donors (Lipinski definition) is 0. The minimum absolute atomic E-state index is 0.0794. The lowest BCUT2D eigenvalue weighted by Crippen LogP contribution is -2.41. The average Bonchev–Trinajstić information content (AvgIpc) is 3.05. The summed E-state index contributed by atoms with van der Waals surface area (Å²) in [6, 6.07) is 7.66. The summed E-state index contributed by atoms with van der Waals surface area (Å²) in [6.45, 7) is 2.93. The van der Waals surface area contributed by atoms with E-state index in [0.717, 1.165) is 19.4 Å². The second-order valence-electron chi connectivity index (χ2n) is 5.80. The quantitative estimate of drug-likeness (QED) is 0.869. The van der Waals surface area contributed by atoms with Crippen molar-refractivity contribution >= 4 is 16.8 Å². The van der Waals surface area contributed by atoms with E-state index in [2.05, 4.69) is 5.10 Å². The maximum Gasteiger partial charge on any atom is 0.244 e. The number of para-hydroxylation sites is 1. The van der Waals surface area contributed by atoms with Gasteiger partial charge in [-0.15, -0.1) is 0 Å². The summed E-state index contributed by atoms with van der Waals surface area (Å²) >= 11 is 0. The number of aromatic nitrogens is 2. The Morgan fingerprint density at radius 2 is 2.05 bits per heavy atom. The van der Waals surface area contributed by atoms with Gasteiger partial charge in [0.2, 0.25) is 11.3 Å². The summed E-state index contributed by atoms with van der Waals surface area (Å²) in [4.78, 5) is 26.5. The van der Waals surface area contributed by atoms with Crippen molar-refractivity contribution in [3.63, 3.8) is 0 Å². The maximum atomic E-state index is 12.6. The van der Waals surface area contributed by atoms with Crippen molar-refractivity contribution in [2.24, 2.45) is 0 Å². The zero-order valence-corrected chi connectivity index (χ0v) is 12.9. The second-order valence-corrected chi connectivity index (χ2v) is 5.80. The molecule has 0 unspecified atom stereocenters. The third-order valence-electron chi connectivity index (χ3n) is 4.47. The summed E-state index contributed by atoms with van der Waals surface area (Å²) in [7, 11) is 0. The van der Waals surface area contributed by atoms with Crippen molar-refractivity contribution in [2.75, 3.05) is 6.54 Å². The maximum absolute atomic E-state index is 12.6. The van der Waals surface area contributed by atoms with Crippen LogP contribution in [0, 0.1) is 0 Å². The highest BCUT2D eigenvalue weighted by atomic mass is 16.2. The molecular weight excluding hydrogens is 278 g/mol. The fourth-order valence-corrected chi connectivity index (χ4v) is 3.36. The third kappa shape index (κ3) is 2.75. The number of rotatable bonds is 4. The molecule has 0 spiro atoms. The lowest BCUT2D eigenvalue weighted by Gasteiger charge is -2.28. The first-order chi connectivity index (χ1) is 10.7. The van der Waals surface area contributed by atoms with Crippen LogP contribution in [0.25, 0.3) is 10.9 Å². The van der Waals surface area contributed by atoms with Crippen molar-refractivity contribution in [2.45, 2.75) is 45.2 Å². The number of carbonyl (C=O) groups excluding carboxylic acids is 1. The monoisotopic (exact) mass is 299 g/mol. The zero-order chi connectivity index (χ0) is 15.5. The number of carbonyl (C=O) groups is 1. The molecule has 2 aromatic rings. The van der Waals surface area contributed by atoms with E-state index in [0.29, 0.717) is 16.9 Å². The SMILES string of the molecule is CCN(C(=O)Cn1ncc(=O)c2ccccc21)C1CCCC1. The first kappa shape index (κ1) is 14.8. The van der Waals surface area contributed by atoms with Crippen molar-refractivity contribution in [3.05, 3.63) is 40.7 Å². The van der Waals surface area contributed by atoms with Gasteiger partial charge in [-0.3, -0.25) is 14.3 Å². The largest absolute Gasteiger partial charge is 0.338 e. The molecule has 0 radical (unpaired) electrons. The van der Waals surface area contributed by atoms with Crippen LogP contribution in [-0.4, -0.2) is 33.2 Å². The molecule has 0 bridgehead atoms. The standard InChI is InChI=1S/C17H21N3O2/c1-2-19(13-7-3-4-8-13)17(22)12-20-15-10-6-5-9-14(15)16(21)11-18-20/h5-6,9-11,13H,2-4,7-8,12H2,1H3. The molecule has 1 saturated carbocycles. The number of benzene rings is 1. The van der Waals surface area contributed by atoms with Gasteiger partial charge in [0.1, 0.15) is 6.54 Å². The van der Waals surface area contributed by atoms with Crippen LogP contribution in [0.2, 0.25) is 0 Å². The van der Waals surface area contributed by atoms with Gasteiger partial charge in [-0.25, -0.2) is 0 Å². The van der Waals surface area contributed by atoms with Crippen molar-refractivity contribution < 1.29 is 4.79 Å². The molecule has 0 atom stereocenters. The Labute approximate surface area is 129 Å². The molecule has 1 heterocycles. The minimum Gasteiger partial charge on any atom is -0.338 e. The van der Waals surface area contributed by atoms with Crippen LogP contribution in [0.3, 0.4) is 0 Å². The fraction of sp³-hybridized carbons (Fsp3) is 0.471. The summed E-state index contributed by atoms with van der Waals surface area (Å²) in [5, 5.41) is 4.75. The second kappa shape index (κ2) is 6.30. The normalized spacial score (nSPS) is 15.3. The highest BCUT2D eigenvalue weighted by Crippen LogP contribution is 2.23. The molecular formula is C17H21N3O2. The minimum atomic E-state index is -0.109. The highest BCUT2D eigenvalue weighted by Gasteiger charge is 2.25. The predicted molar refractivity (Wildman–Crippen MR) is 85.6 cm³/mol. The van der Waals surface area contributed by atoms with E-state index in [1.54, 1.807) is 10.7 Å². The summed E-state index contributed by atoms with van der Waals surface area (Å²) in [5.41, 5.74) is 0.605. The molecule has 0 N–H and O–H groups in total. The molecule has 1 aliphatic carbocycles. The highest BCUT2D eigenvalue weighted by molar-refractivity contribution is 5.81. The number of amides is 1. The first-order valence-corrected chi connectivity index (χ1v) is 7.95. The molecule has 5 heteroatoms. The van der Waals surface area contributed by atoms with Gasteiger partial charge in [0.25, 0.3) is 0 Å². The van der Waals surface area contributed by atoms with Gasteiger partial charge in [-0.05, 0) is 31.9 Å². The first-order valence-electron chi connectivity index (χ1n) is 7.95. The Kier molecular flexibility index (Phi) is 4.22. The molecule has 3 rings (SSSR count). The van der Waals surface area contributed by atoms with Gasteiger partial charge in [0.15, 0.2) is 0 Å². The van der Waals surface area contributed by atoms with Gasteiger partial charge >= 0.3 is 0 Å². The van der Waals surface area contributed by atoms with E-state index in [4.69, 9.17) is 0 Å². The molecule has 1 aromatic heterocycles. The predicted octanol–water partition coefficient (Wildman–Crippen LogP) is 2.19. The Hall–Kier alpha value is -2.17. The lowest BCUT2D eigenvalue weighted by molar-refractivity contribution is -0.134. The van der Waals surface area contributed by atoms with Gasteiger partial charge in [0.05, 0.1) is 11.7 Å². The van der Waals surface area contributed by atoms with Gasteiger partial charge in [-0.1, -0.05) is 25.0 Å². The van der Waals surface area contributed by atoms with E-state index >= 15 is 0 Å². The molecule has 0 saturated heterocycles. The van der Waals surface area contributed by atoms with Crippen LogP contribution in [0.1, 0.15) is 32.6 Å². The van der Waals surface area contributed by atoms with Gasteiger partial charge < -0.3 is 4.90 Å². The third-order valence-corrected chi connectivity index (χ3v) is 4.47. The Balaban J connectivity index is 1.87. The van der Waals surface area contributed by atoms with Gasteiger partial charge in [-0.2, -0.15) is 5.10 Å². The summed E-state index contributed by atoms with van der Waals surface area (Å²) < 4.78 is 1.64. The van der Waals surface area contributed by atoms with E-state index in [1.807, 2.05) is 30.0 Å². The smallest absolute Gasteiger partial charge is 0.244 e.